The fourth-order valence-electron chi connectivity index (χ4n) is 2.90. The van der Waals surface area contributed by atoms with E-state index in [9.17, 15) is 4.79 Å². The number of nitrogens with one attached hydrogen (secondary N) is 1. The van der Waals surface area contributed by atoms with Crippen molar-refractivity contribution in [3.05, 3.63) is 63.7 Å². The summed E-state index contributed by atoms with van der Waals surface area (Å²) in [4.78, 5) is 17.2. The van der Waals surface area contributed by atoms with E-state index in [1.54, 1.807) is 25.3 Å². The van der Waals surface area contributed by atoms with Gasteiger partial charge in [-0.2, -0.15) is 0 Å². The molecular formula is C20H20BrN3O2S. The maximum atomic E-state index is 12.6. The smallest absolute Gasteiger partial charge is 0.258 e. The van der Waals surface area contributed by atoms with Gasteiger partial charge in [0.15, 0.2) is 5.13 Å². The number of anilines is 1. The van der Waals surface area contributed by atoms with Crippen LogP contribution in [0, 0.1) is 13.8 Å². The summed E-state index contributed by atoms with van der Waals surface area (Å²) in [6, 6.07) is 7.38. The number of carbonyl (C=O) groups is 1. The van der Waals surface area contributed by atoms with Gasteiger partial charge < -0.3 is 9.30 Å². The predicted molar refractivity (Wildman–Crippen MR) is 114 cm³/mol. The summed E-state index contributed by atoms with van der Waals surface area (Å²) in [5.74, 6) is 0.386. The van der Waals surface area contributed by atoms with E-state index < -0.39 is 0 Å². The van der Waals surface area contributed by atoms with Crippen molar-refractivity contribution in [1.82, 2.24) is 9.55 Å². The van der Waals surface area contributed by atoms with E-state index >= 15 is 0 Å². The molecule has 140 valence electrons. The fourth-order valence-corrected chi connectivity index (χ4v) is 4.03. The summed E-state index contributed by atoms with van der Waals surface area (Å²) in [5.41, 5.74) is 4.69. The van der Waals surface area contributed by atoms with Gasteiger partial charge in [-0.3, -0.25) is 10.1 Å². The summed E-state index contributed by atoms with van der Waals surface area (Å²) in [7, 11) is 1.57. The van der Waals surface area contributed by atoms with Gasteiger partial charge in [-0.05, 0) is 54.0 Å². The van der Waals surface area contributed by atoms with Gasteiger partial charge in [0.25, 0.3) is 5.91 Å². The Balaban J connectivity index is 1.84. The number of carbonyl (C=O) groups excluding carboxylic acids is 1. The number of halogens is 1. The van der Waals surface area contributed by atoms with Crippen LogP contribution in [0.2, 0.25) is 0 Å². The zero-order chi connectivity index (χ0) is 19.6. The number of thiazole rings is 1. The van der Waals surface area contributed by atoms with Gasteiger partial charge in [-0.1, -0.05) is 6.08 Å². The normalized spacial score (nSPS) is 10.7. The number of ether oxygens (including phenoxy) is 1. The molecule has 0 saturated carbocycles. The molecule has 27 heavy (non-hydrogen) atoms. The summed E-state index contributed by atoms with van der Waals surface area (Å²) < 4.78 is 8.08. The molecule has 0 aliphatic heterocycles. The van der Waals surface area contributed by atoms with E-state index in [0.717, 1.165) is 29.2 Å². The Kier molecular flexibility index (Phi) is 5.82. The second-order valence-electron chi connectivity index (χ2n) is 6.02. The van der Waals surface area contributed by atoms with Crippen LogP contribution in [0.1, 0.15) is 21.7 Å². The van der Waals surface area contributed by atoms with Crippen LogP contribution < -0.4 is 10.1 Å². The van der Waals surface area contributed by atoms with Gasteiger partial charge in [0.2, 0.25) is 0 Å². The maximum absolute atomic E-state index is 12.6. The SMILES string of the molecule is C=CCn1c(C)cc(-c2csc(NC(=O)c3cc(OC)ccc3Br)n2)c1C. The first kappa shape index (κ1) is 19.4. The van der Waals surface area contributed by atoms with Gasteiger partial charge in [0.1, 0.15) is 5.75 Å². The highest BCUT2D eigenvalue weighted by molar-refractivity contribution is 9.10. The van der Waals surface area contributed by atoms with Crippen molar-refractivity contribution < 1.29 is 9.53 Å². The van der Waals surface area contributed by atoms with Gasteiger partial charge in [0, 0.05) is 33.3 Å². The van der Waals surface area contributed by atoms with Crippen LogP contribution in [0.5, 0.6) is 5.75 Å². The van der Waals surface area contributed by atoms with Crippen LogP contribution in [-0.4, -0.2) is 22.6 Å². The molecule has 0 bridgehead atoms. The highest BCUT2D eigenvalue weighted by atomic mass is 79.9. The van der Waals surface area contributed by atoms with Gasteiger partial charge in [-0.15, -0.1) is 17.9 Å². The minimum Gasteiger partial charge on any atom is -0.497 e. The number of rotatable bonds is 6. The molecule has 1 N–H and O–H groups in total. The van der Waals surface area contributed by atoms with Gasteiger partial charge >= 0.3 is 0 Å². The molecule has 1 amide bonds. The first-order valence-electron chi connectivity index (χ1n) is 8.33. The van der Waals surface area contributed by atoms with Crippen LogP contribution in [0.3, 0.4) is 0 Å². The molecule has 5 nitrogen and oxygen atoms in total. The number of allylic oxidation sites excluding steroid dienone is 1. The lowest BCUT2D eigenvalue weighted by Crippen LogP contribution is -2.12. The average Bonchev–Trinajstić information content (AvgIpc) is 3.21. The molecule has 0 atom stereocenters. The summed E-state index contributed by atoms with van der Waals surface area (Å²) in [5, 5.41) is 5.38. The first-order chi connectivity index (χ1) is 12.9. The van der Waals surface area contributed by atoms with E-state index in [1.165, 1.54) is 11.3 Å². The Morgan fingerprint density at radius 2 is 2.19 bits per heavy atom. The molecule has 0 aliphatic carbocycles. The lowest BCUT2D eigenvalue weighted by atomic mass is 10.2. The minimum atomic E-state index is -0.237. The topological polar surface area (TPSA) is 56.2 Å². The Morgan fingerprint density at radius 1 is 1.41 bits per heavy atom. The van der Waals surface area contributed by atoms with Crippen molar-refractivity contribution in [2.45, 2.75) is 20.4 Å². The lowest BCUT2D eigenvalue weighted by molar-refractivity contribution is 0.102. The molecule has 1 aromatic carbocycles. The number of hydrogen-bond acceptors (Lipinski definition) is 4. The van der Waals surface area contributed by atoms with E-state index in [-0.39, 0.29) is 5.91 Å². The van der Waals surface area contributed by atoms with Crippen LogP contribution in [0.15, 0.2) is 46.8 Å². The van der Waals surface area contributed by atoms with Crippen molar-refractivity contribution >= 4 is 38.3 Å². The van der Waals surface area contributed by atoms with Crippen molar-refractivity contribution in [3.63, 3.8) is 0 Å². The molecule has 2 heterocycles. The van der Waals surface area contributed by atoms with Crippen LogP contribution in [-0.2, 0) is 6.54 Å². The fraction of sp³-hybridized carbons (Fsp3) is 0.200. The van der Waals surface area contributed by atoms with Crippen molar-refractivity contribution in [1.29, 1.82) is 0 Å². The minimum absolute atomic E-state index is 0.237. The van der Waals surface area contributed by atoms with Gasteiger partial charge in [0.05, 0.1) is 18.4 Å². The number of amides is 1. The summed E-state index contributed by atoms with van der Waals surface area (Å²) in [6.07, 6.45) is 1.88. The number of aryl methyl sites for hydroxylation is 1. The molecule has 3 aromatic rings. The molecule has 0 aliphatic rings. The third-order valence-electron chi connectivity index (χ3n) is 4.30. The highest BCUT2D eigenvalue weighted by Crippen LogP contribution is 2.31. The molecule has 0 fully saturated rings. The number of nitrogens with zero attached hydrogens (tertiary/aromatic N) is 2. The predicted octanol–water partition coefficient (Wildman–Crippen LogP) is 5.44. The molecule has 0 radical (unpaired) electrons. The average molecular weight is 446 g/mol. The second kappa shape index (κ2) is 8.10. The first-order valence-corrected chi connectivity index (χ1v) is 10.00. The van der Waals surface area contributed by atoms with Crippen molar-refractivity contribution in [2.24, 2.45) is 0 Å². The van der Waals surface area contributed by atoms with E-state index in [0.29, 0.717) is 20.9 Å². The summed E-state index contributed by atoms with van der Waals surface area (Å²) in [6.45, 7) is 8.70. The third-order valence-corrected chi connectivity index (χ3v) is 5.75. The maximum Gasteiger partial charge on any atom is 0.258 e. The molecule has 0 unspecified atom stereocenters. The third kappa shape index (κ3) is 3.99. The Hall–Kier alpha value is -2.38. The second-order valence-corrected chi connectivity index (χ2v) is 7.73. The van der Waals surface area contributed by atoms with Crippen molar-refractivity contribution in [2.75, 3.05) is 12.4 Å². The number of methoxy groups -OCH3 is 1. The summed E-state index contributed by atoms with van der Waals surface area (Å²) >= 11 is 4.81. The lowest BCUT2D eigenvalue weighted by Gasteiger charge is -2.07. The number of hydrogen-bond donors (Lipinski definition) is 1. The van der Waals surface area contributed by atoms with Crippen molar-refractivity contribution in [3.8, 4) is 17.0 Å². The van der Waals surface area contributed by atoms with E-state index in [1.807, 2.05) is 11.5 Å². The van der Waals surface area contributed by atoms with Crippen LogP contribution >= 0.6 is 27.3 Å². The zero-order valence-corrected chi connectivity index (χ0v) is 17.8. The molecule has 2 aromatic heterocycles. The Morgan fingerprint density at radius 3 is 2.89 bits per heavy atom. The molecule has 0 saturated heterocycles. The standard InChI is InChI=1S/C20H20BrN3O2S/c1-5-8-24-12(2)9-15(13(24)3)18-11-27-20(22-18)23-19(25)16-10-14(26-4)6-7-17(16)21/h5-7,9-11H,1,8H2,2-4H3,(H,22,23,25). The number of aromatic nitrogens is 2. The number of benzene rings is 1. The Bertz CT molecular complexity index is 1010. The molecule has 3 rings (SSSR count). The van der Waals surface area contributed by atoms with E-state index in [2.05, 4.69) is 57.3 Å². The van der Waals surface area contributed by atoms with E-state index in [4.69, 9.17) is 4.74 Å². The quantitative estimate of drug-likeness (QED) is 0.514. The van der Waals surface area contributed by atoms with Gasteiger partial charge in [-0.25, -0.2) is 4.98 Å². The van der Waals surface area contributed by atoms with Crippen LogP contribution in [0.25, 0.3) is 11.3 Å². The zero-order valence-electron chi connectivity index (χ0n) is 15.4. The molecule has 0 spiro atoms. The largest absolute Gasteiger partial charge is 0.497 e. The van der Waals surface area contributed by atoms with Crippen LogP contribution in [0.4, 0.5) is 5.13 Å². The Labute approximate surface area is 170 Å². The highest BCUT2D eigenvalue weighted by Gasteiger charge is 2.16. The molecule has 7 heteroatoms. The molecular weight excluding hydrogens is 426 g/mol. The monoisotopic (exact) mass is 445 g/mol.